The molecule has 2 heteroatoms. The van der Waals surface area contributed by atoms with Crippen LogP contribution in [-0.2, 0) is 12.8 Å². The molecule has 1 saturated heterocycles. The van der Waals surface area contributed by atoms with Gasteiger partial charge in [-0.2, -0.15) is 11.8 Å². The predicted molar refractivity (Wildman–Crippen MR) is 85.0 cm³/mol. The minimum Gasteiger partial charge on any atom is -0.309 e. The Hall–Kier alpha value is -0.470. The largest absolute Gasteiger partial charge is 0.309 e. The van der Waals surface area contributed by atoms with Crippen molar-refractivity contribution < 1.29 is 0 Å². The average Bonchev–Trinajstić information content (AvgIpc) is 2.93. The van der Waals surface area contributed by atoms with Crippen LogP contribution < -0.4 is 5.32 Å². The first-order valence-electron chi connectivity index (χ1n) is 7.79. The van der Waals surface area contributed by atoms with Gasteiger partial charge in [0, 0.05) is 17.8 Å². The Balaban J connectivity index is 1.56. The van der Waals surface area contributed by atoms with E-state index in [0.29, 0.717) is 6.04 Å². The average molecular weight is 275 g/mol. The molecule has 19 heavy (non-hydrogen) atoms. The van der Waals surface area contributed by atoms with Crippen molar-refractivity contribution in [2.24, 2.45) is 0 Å². The van der Waals surface area contributed by atoms with Gasteiger partial charge in [0.2, 0.25) is 0 Å². The van der Waals surface area contributed by atoms with Crippen molar-refractivity contribution in [1.29, 1.82) is 0 Å². The first kappa shape index (κ1) is 13.5. The normalized spacial score (nSPS) is 24.2. The standard InChI is InChI=1S/C17H25NS/c1-13(18-12-17-7-2-3-10-19-17)15-9-8-14-5-4-6-16(14)11-15/h8-9,11,13,17-18H,2-7,10,12H2,1H3. The van der Waals surface area contributed by atoms with Crippen LogP contribution in [0.3, 0.4) is 0 Å². The number of benzene rings is 1. The van der Waals surface area contributed by atoms with Gasteiger partial charge in [0.1, 0.15) is 0 Å². The van der Waals surface area contributed by atoms with E-state index in [1.54, 1.807) is 11.1 Å². The summed E-state index contributed by atoms with van der Waals surface area (Å²) in [5.41, 5.74) is 4.65. The maximum atomic E-state index is 3.74. The van der Waals surface area contributed by atoms with Crippen LogP contribution in [0.1, 0.15) is 55.3 Å². The lowest BCUT2D eigenvalue weighted by Crippen LogP contribution is -2.29. The van der Waals surface area contributed by atoms with Crippen molar-refractivity contribution in [2.45, 2.75) is 56.7 Å². The van der Waals surface area contributed by atoms with Gasteiger partial charge in [0.25, 0.3) is 0 Å². The Kier molecular flexibility index (Phi) is 4.49. The van der Waals surface area contributed by atoms with Crippen LogP contribution >= 0.6 is 11.8 Å². The Morgan fingerprint density at radius 1 is 1.21 bits per heavy atom. The van der Waals surface area contributed by atoms with Crippen molar-refractivity contribution >= 4 is 11.8 Å². The fourth-order valence-electron chi connectivity index (χ4n) is 3.26. The lowest BCUT2D eigenvalue weighted by molar-refractivity contribution is 0.538. The van der Waals surface area contributed by atoms with Gasteiger partial charge in [-0.05, 0) is 61.5 Å². The minimum absolute atomic E-state index is 0.494. The summed E-state index contributed by atoms with van der Waals surface area (Å²) < 4.78 is 0. The molecule has 0 radical (unpaired) electrons. The third kappa shape index (κ3) is 3.35. The highest BCUT2D eigenvalue weighted by Crippen LogP contribution is 2.27. The number of thioether (sulfide) groups is 1. The molecule has 1 fully saturated rings. The van der Waals surface area contributed by atoms with Gasteiger partial charge < -0.3 is 5.32 Å². The second kappa shape index (κ2) is 6.32. The van der Waals surface area contributed by atoms with Crippen molar-refractivity contribution in [2.75, 3.05) is 12.3 Å². The molecule has 1 aromatic rings. The number of fused-ring (bicyclic) bond motifs is 1. The second-order valence-electron chi connectivity index (χ2n) is 6.00. The van der Waals surface area contributed by atoms with Crippen LogP contribution in [0.25, 0.3) is 0 Å². The Labute approximate surface area is 121 Å². The molecule has 1 aliphatic heterocycles. The van der Waals surface area contributed by atoms with Gasteiger partial charge in [-0.1, -0.05) is 24.6 Å². The fourth-order valence-corrected chi connectivity index (χ4v) is 4.51. The first-order chi connectivity index (χ1) is 9.33. The van der Waals surface area contributed by atoms with Crippen LogP contribution in [0, 0.1) is 0 Å². The highest BCUT2D eigenvalue weighted by atomic mass is 32.2. The van der Waals surface area contributed by atoms with E-state index < -0.39 is 0 Å². The second-order valence-corrected chi connectivity index (χ2v) is 7.41. The lowest BCUT2D eigenvalue weighted by Gasteiger charge is -2.24. The van der Waals surface area contributed by atoms with E-state index in [0.717, 1.165) is 5.25 Å². The van der Waals surface area contributed by atoms with E-state index in [2.05, 4.69) is 42.2 Å². The van der Waals surface area contributed by atoms with Crippen molar-refractivity contribution in [1.82, 2.24) is 5.32 Å². The Morgan fingerprint density at radius 3 is 2.95 bits per heavy atom. The summed E-state index contributed by atoms with van der Waals surface area (Å²) in [4.78, 5) is 0. The third-order valence-corrected chi connectivity index (χ3v) is 5.95. The predicted octanol–water partition coefficient (Wildman–Crippen LogP) is 4.11. The molecule has 0 spiro atoms. The van der Waals surface area contributed by atoms with E-state index in [1.807, 2.05) is 0 Å². The summed E-state index contributed by atoms with van der Waals surface area (Å²) >= 11 is 2.16. The summed E-state index contributed by atoms with van der Waals surface area (Å²) in [6.45, 7) is 3.48. The molecule has 0 aromatic heterocycles. The van der Waals surface area contributed by atoms with Crippen molar-refractivity contribution in [3.05, 3.63) is 34.9 Å². The molecule has 1 aromatic carbocycles. The maximum Gasteiger partial charge on any atom is 0.0292 e. The molecule has 1 N–H and O–H groups in total. The molecule has 1 aliphatic carbocycles. The van der Waals surface area contributed by atoms with Gasteiger partial charge in [0.05, 0.1) is 0 Å². The van der Waals surface area contributed by atoms with Crippen molar-refractivity contribution in [3.8, 4) is 0 Å². The summed E-state index contributed by atoms with van der Waals surface area (Å²) in [5.74, 6) is 1.36. The number of hydrogen-bond donors (Lipinski definition) is 1. The highest BCUT2D eigenvalue weighted by molar-refractivity contribution is 7.99. The summed E-state index contributed by atoms with van der Waals surface area (Å²) in [6, 6.07) is 7.61. The first-order valence-corrected chi connectivity index (χ1v) is 8.84. The zero-order chi connectivity index (χ0) is 13.1. The van der Waals surface area contributed by atoms with Gasteiger partial charge in [-0.3, -0.25) is 0 Å². The topological polar surface area (TPSA) is 12.0 Å². The summed E-state index contributed by atoms with van der Waals surface area (Å²) in [6.07, 6.45) is 8.16. The van der Waals surface area contributed by atoms with Crippen LogP contribution in [0.2, 0.25) is 0 Å². The zero-order valence-electron chi connectivity index (χ0n) is 12.0. The van der Waals surface area contributed by atoms with E-state index in [1.165, 1.54) is 56.4 Å². The molecule has 1 nitrogen and oxygen atoms in total. The SMILES string of the molecule is CC(NCC1CCCCS1)c1ccc2c(c1)CCC2. The van der Waals surface area contributed by atoms with Crippen LogP contribution in [-0.4, -0.2) is 17.5 Å². The van der Waals surface area contributed by atoms with Gasteiger partial charge in [0.15, 0.2) is 0 Å². The Bertz CT molecular complexity index is 423. The minimum atomic E-state index is 0.494. The summed E-state index contributed by atoms with van der Waals surface area (Å²) in [7, 11) is 0. The molecule has 2 atom stereocenters. The molecule has 0 bridgehead atoms. The van der Waals surface area contributed by atoms with Crippen LogP contribution in [0.4, 0.5) is 0 Å². The van der Waals surface area contributed by atoms with E-state index in [-0.39, 0.29) is 0 Å². The summed E-state index contributed by atoms with van der Waals surface area (Å²) in [5, 5.41) is 4.58. The highest BCUT2D eigenvalue weighted by Gasteiger charge is 2.16. The van der Waals surface area contributed by atoms with E-state index >= 15 is 0 Å². The van der Waals surface area contributed by atoms with Gasteiger partial charge in [-0.15, -0.1) is 0 Å². The molecule has 0 saturated carbocycles. The molecule has 2 unspecified atom stereocenters. The third-order valence-electron chi connectivity index (χ3n) is 4.55. The van der Waals surface area contributed by atoms with Gasteiger partial charge in [-0.25, -0.2) is 0 Å². The van der Waals surface area contributed by atoms with Crippen LogP contribution in [0.15, 0.2) is 18.2 Å². The number of aryl methyl sites for hydroxylation is 2. The molecule has 2 aliphatic rings. The quantitative estimate of drug-likeness (QED) is 0.887. The number of hydrogen-bond acceptors (Lipinski definition) is 2. The lowest BCUT2D eigenvalue weighted by atomic mass is 10.0. The molecule has 3 rings (SSSR count). The molecular formula is C17H25NS. The van der Waals surface area contributed by atoms with E-state index in [9.17, 15) is 0 Å². The maximum absolute atomic E-state index is 3.74. The zero-order valence-corrected chi connectivity index (χ0v) is 12.8. The molecular weight excluding hydrogens is 250 g/mol. The van der Waals surface area contributed by atoms with E-state index in [4.69, 9.17) is 0 Å². The van der Waals surface area contributed by atoms with Crippen molar-refractivity contribution in [3.63, 3.8) is 0 Å². The fraction of sp³-hybridized carbons (Fsp3) is 0.647. The molecule has 104 valence electrons. The number of nitrogens with one attached hydrogen (secondary N) is 1. The molecule has 1 heterocycles. The monoisotopic (exact) mass is 275 g/mol. The number of rotatable bonds is 4. The van der Waals surface area contributed by atoms with Gasteiger partial charge >= 0.3 is 0 Å². The molecule has 0 amide bonds. The smallest absolute Gasteiger partial charge is 0.0292 e. The Morgan fingerprint density at radius 2 is 2.11 bits per heavy atom. The van der Waals surface area contributed by atoms with Crippen LogP contribution in [0.5, 0.6) is 0 Å².